The minimum absolute atomic E-state index is 0.00471. The molecule has 0 amide bonds. The van der Waals surface area contributed by atoms with E-state index < -0.39 is 5.63 Å². The Morgan fingerprint density at radius 3 is 2.63 bits per heavy atom. The summed E-state index contributed by atoms with van der Waals surface area (Å²) in [6.07, 6.45) is 5.48. The zero-order valence-electron chi connectivity index (χ0n) is 16.6. The number of ether oxygens (including phenoxy) is 1. The number of carbonyl (C=O) groups excluding carboxylic acids is 1. The van der Waals surface area contributed by atoms with Crippen LogP contribution in [0.1, 0.15) is 30.9 Å². The average molecular weight is 428 g/mol. The highest BCUT2D eigenvalue weighted by Gasteiger charge is 2.27. The molecule has 3 aromatic rings. The number of carbonyl (C=O) groups is 1. The zero-order valence-corrected chi connectivity index (χ0v) is 17.4. The van der Waals surface area contributed by atoms with Crippen LogP contribution < -0.4 is 10.5 Å². The maximum absolute atomic E-state index is 12.6. The van der Waals surface area contributed by atoms with Gasteiger partial charge in [0.15, 0.2) is 0 Å². The summed E-state index contributed by atoms with van der Waals surface area (Å²) < 4.78 is 10.9. The first-order valence-corrected chi connectivity index (χ1v) is 10.4. The van der Waals surface area contributed by atoms with Gasteiger partial charge in [-0.2, -0.15) is 0 Å². The molecule has 0 radical (unpaired) electrons. The second-order valence-corrected chi connectivity index (χ2v) is 7.71. The summed E-state index contributed by atoms with van der Waals surface area (Å²) in [5, 5.41) is 1.28. The van der Waals surface area contributed by atoms with Crippen molar-refractivity contribution in [2.75, 3.05) is 18.0 Å². The first-order valence-electron chi connectivity index (χ1n) is 9.99. The first kappa shape index (κ1) is 20.3. The fourth-order valence-corrected chi connectivity index (χ4v) is 4.01. The van der Waals surface area contributed by atoms with Crippen LogP contribution in [0.15, 0.2) is 45.9 Å². The van der Waals surface area contributed by atoms with E-state index in [0.29, 0.717) is 53.4 Å². The van der Waals surface area contributed by atoms with Gasteiger partial charge in [0.2, 0.25) is 5.95 Å². The Kier molecular flexibility index (Phi) is 5.99. The van der Waals surface area contributed by atoms with Gasteiger partial charge in [-0.25, -0.2) is 14.8 Å². The standard InChI is InChI=1S/C22H22ClN3O4/c1-2-14-10-19-17(12-18(14)23)16(11-20(27)30-19)13-29-21(28)15-4-8-26(9-5-15)22-24-6-3-7-25-22/h3,6-7,10-12,15H,2,4-5,8-9,13H2,1H3. The van der Waals surface area contributed by atoms with Crippen LogP contribution in [0.5, 0.6) is 0 Å². The highest BCUT2D eigenvalue weighted by atomic mass is 35.5. The van der Waals surface area contributed by atoms with Crippen LogP contribution in [-0.4, -0.2) is 29.0 Å². The molecule has 4 rings (SSSR count). The van der Waals surface area contributed by atoms with Crippen LogP contribution in [0.3, 0.4) is 0 Å². The number of esters is 1. The van der Waals surface area contributed by atoms with E-state index in [1.54, 1.807) is 30.6 Å². The molecule has 0 aliphatic carbocycles. The molecule has 1 aromatic carbocycles. The molecule has 0 unspecified atom stereocenters. The van der Waals surface area contributed by atoms with Crippen molar-refractivity contribution in [3.05, 3.63) is 63.2 Å². The molecule has 1 aliphatic rings. The normalized spacial score (nSPS) is 14.8. The van der Waals surface area contributed by atoms with Gasteiger partial charge in [-0.05, 0) is 43.0 Å². The molecule has 1 fully saturated rings. The Balaban J connectivity index is 1.42. The Labute approximate surface area is 178 Å². The fourth-order valence-electron chi connectivity index (χ4n) is 3.72. The Morgan fingerprint density at radius 1 is 1.20 bits per heavy atom. The molecule has 0 atom stereocenters. The van der Waals surface area contributed by atoms with Crippen LogP contribution in [-0.2, 0) is 22.6 Å². The summed E-state index contributed by atoms with van der Waals surface area (Å²) in [6.45, 7) is 3.37. The number of hydrogen-bond acceptors (Lipinski definition) is 7. The third kappa shape index (κ3) is 4.31. The van der Waals surface area contributed by atoms with E-state index in [1.807, 2.05) is 6.92 Å². The zero-order chi connectivity index (χ0) is 21.1. The number of aryl methyl sites for hydroxylation is 1. The second-order valence-electron chi connectivity index (χ2n) is 7.30. The maximum atomic E-state index is 12.6. The van der Waals surface area contributed by atoms with E-state index in [1.165, 1.54) is 6.07 Å². The lowest BCUT2D eigenvalue weighted by atomic mass is 9.97. The third-order valence-electron chi connectivity index (χ3n) is 5.41. The summed E-state index contributed by atoms with van der Waals surface area (Å²) >= 11 is 6.32. The fraction of sp³-hybridized carbons (Fsp3) is 0.364. The van der Waals surface area contributed by atoms with Gasteiger partial charge in [0.05, 0.1) is 5.92 Å². The number of rotatable bonds is 5. The van der Waals surface area contributed by atoms with Gasteiger partial charge in [-0.3, -0.25) is 4.79 Å². The van der Waals surface area contributed by atoms with Gasteiger partial charge in [-0.1, -0.05) is 18.5 Å². The van der Waals surface area contributed by atoms with Gasteiger partial charge in [-0.15, -0.1) is 0 Å². The summed E-state index contributed by atoms with van der Waals surface area (Å²) in [6, 6.07) is 6.66. The van der Waals surface area contributed by atoms with E-state index in [-0.39, 0.29) is 18.5 Å². The SMILES string of the molecule is CCc1cc2oc(=O)cc(COC(=O)C3CCN(c4ncccn4)CC3)c2cc1Cl. The van der Waals surface area contributed by atoms with Crippen molar-refractivity contribution >= 4 is 34.5 Å². The molecule has 8 heteroatoms. The quantitative estimate of drug-likeness (QED) is 0.452. The van der Waals surface area contributed by atoms with E-state index in [4.69, 9.17) is 20.8 Å². The molecule has 1 saturated heterocycles. The van der Waals surface area contributed by atoms with Crippen molar-refractivity contribution in [3.8, 4) is 0 Å². The Bertz CT molecular complexity index is 1110. The van der Waals surface area contributed by atoms with Gasteiger partial charge in [0.1, 0.15) is 12.2 Å². The van der Waals surface area contributed by atoms with Gasteiger partial charge in [0.25, 0.3) is 0 Å². The van der Waals surface area contributed by atoms with Crippen molar-refractivity contribution in [1.29, 1.82) is 0 Å². The van der Waals surface area contributed by atoms with Crippen molar-refractivity contribution in [2.45, 2.75) is 32.8 Å². The molecular formula is C22H22ClN3O4. The predicted molar refractivity (Wildman–Crippen MR) is 114 cm³/mol. The molecule has 2 aromatic heterocycles. The summed E-state index contributed by atoms with van der Waals surface area (Å²) in [5.74, 6) is 0.225. The summed E-state index contributed by atoms with van der Waals surface area (Å²) in [7, 11) is 0. The molecule has 0 N–H and O–H groups in total. The highest BCUT2D eigenvalue weighted by Crippen LogP contribution is 2.27. The summed E-state index contributed by atoms with van der Waals surface area (Å²) in [5.41, 5.74) is 1.46. The van der Waals surface area contributed by atoms with Crippen LogP contribution in [0.25, 0.3) is 11.0 Å². The van der Waals surface area contributed by atoms with E-state index in [9.17, 15) is 9.59 Å². The number of aromatic nitrogens is 2. The molecule has 156 valence electrons. The van der Waals surface area contributed by atoms with Crippen LogP contribution in [0, 0.1) is 5.92 Å². The monoisotopic (exact) mass is 427 g/mol. The minimum atomic E-state index is -0.478. The van der Waals surface area contributed by atoms with Crippen molar-refractivity contribution < 1.29 is 13.9 Å². The number of benzene rings is 1. The van der Waals surface area contributed by atoms with Crippen LogP contribution in [0.2, 0.25) is 5.02 Å². The topological polar surface area (TPSA) is 85.5 Å². The molecule has 0 spiro atoms. The van der Waals surface area contributed by atoms with E-state index >= 15 is 0 Å². The number of piperidine rings is 1. The van der Waals surface area contributed by atoms with Crippen molar-refractivity contribution in [2.24, 2.45) is 5.92 Å². The average Bonchev–Trinajstić information content (AvgIpc) is 2.78. The van der Waals surface area contributed by atoms with E-state index in [0.717, 1.165) is 12.0 Å². The molecule has 30 heavy (non-hydrogen) atoms. The Hall–Kier alpha value is -2.93. The number of fused-ring (bicyclic) bond motifs is 1. The largest absolute Gasteiger partial charge is 0.461 e. The Morgan fingerprint density at radius 2 is 1.93 bits per heavy atom. The lowest BCUT2D eigenvalue weighted by molar-refractivity contribution is -0.150. The number of halogens is 1. The molecule has 3 heterocycles. The van der Waals surface area contributed by atoms with Crippen LogP contribution >= 0.6 is 11.6 Å². The number of anilines is 1. The molecule has 0 saturated carbocycles. The molecule has 7 nitrogen and oxygen atoms in total. The lowest BCUT2D eigenvalue weighted by Gasteiger charge is -2.30. The third-order valence-corrected chi connectivity index (χ3v) is 5.76. The number of nitrogens with zero attached hydrogens (tertiary/aromatic N) is 3. The predicted octanol–water partition coefficient (Wildman–Crippen LogP) is 3.76. The molecule has 0 bridgehead atoms. The molecule has 1 aliphatic heterocycles. The first-order chi connectivity index (χ1) is 14.5. The van der Waals surface area contributed by atoms with E-state index in [2.05, 4.69) is 14.9 Å². The van der Waals surface area contributed by atoms with Gasteiger partial charge in [0, 0.05) is 47.5 Å². The van der Waals surface area contributed by atoms with Gasteiger partial charge < -0.3 is 14.1 Å². The second kappa shape index (κ2) is 8.83. The highest BCUT2D eigenvalue weighted by molar-refractivity contribution is 6.32. The maximum Gasteiger partial charge on any atom is 0.336 e. The van der Waals surface area contributed by atoms with Gasteiger partial charge >= 0.3 is 11.6 Å². The smallest absolute Gasteiger partial charge is 0.336 e. The minimum Gasteiger partial charge on any atom is -0.461 e. The lowest BCUT2D eigenvalue weighted by Crippen LogP contribution is -2.37. The number of hydrogen-bond donors (Lipinski definition) is 0. The van der Waals surface area contributed by atoms with Crippen molar-refractivity contribution in [3.63, 3.8) is 0 Å². The van der Waals surface area contributed by atoms with Crippen molar-refractivity contribution in [1.82, 2.24) is 9.97 Å². The summed E-state index contributed by atoms with van der Waals surface area (Å²) in [4.78, 5) is 35.1. The molecular weight excluding hydrogens is 406 g/mol. The van der Waals surface area contributed by atoms with Crippen LogP contribution in [0.4, 0.5) is 5.95 Å².